The predicted octanol–water partition coefficient (Wildman–Crippen LogP) is 1.52. The molecule has 6 heteroatoms. The first-order valence-electron chi connectivity index (χ1n) is 3.65. The summed E-state index contributed by atoms with van der Waals surface area (Å²) in [7, 11) is 0. The SMILES string of the molecule is CC(C)OC(=O)COCC(F)(F)F. The molecule has 0 radical (unpaired) electrons. The van der Waals surface area contributed by atoms with Gasteiger partial charge in [0.05, 0.1) is 6.10 Å². The standard InChI is InChI=1S/C7H11F3O3/c1-5(2)13-6(11)3-12-4-7(8,9)10/h5H,3-4H2,1-2H3. The van der Waals surface area contributed by atoms with Gasteiger partial charge in [-0.15, -0.1) is 0 Å². The van der Waals surface area contributed by atoms with E-state index in [0.717, 1.165) is 0 Å². The molecular weight excluding hydrogens is 189 g/mol. The third kappa shape index (κ3) is 9.13. The summed E-state index contributed by atoms with van der Waals surface area (Å²) in [5.74, 6) is -0.792. The van der Waals surface area contributed by atoms with Crippen molar-refractivity contribution < 1.29 is 27.4 Å². The molecule has 0 unspecified atom stereocenters. The molecule has 0 fully saturated rings. The summed E-state index contributed by atoms with van der Waals surface area (Å²) >= 11 is 0. The average Bonchev–Trinajstić information content (AvgIpc) is 1.81. The number of halogens is 3. The number of hydrogen-bond acceptors (Lipinski definition) is 3. The Morgan fingerprint density at radius 3 is 2.31 bits per heavy atom. The first-order valence-corrected chi connectivity index (χ1v) is 3.65. The van der Waals surface area contributed by atoms with E-state index in [1.807, 2.05) is 0 Å². The van der Waals surface area contributed by atoms with Crippen LogP contribution in [-0.4, -0.2) is 31.5 Å². The molecule has 0 heterocycles. The Labute approximate surface area is 73.8 Å². The zero-order valence-corrected chi connectivity index (χ0v) is 7.35. The van der Waals surface area contributed by atoms with Crippen molar-refractivity contribution in [3.8, 4) is 0 Å². The Morgan fingerprint density at radius 1 is 1.38 bits per heavy atom. The quantitative estimate of drug-likeness (QED) is 0.645. The van der Waals surface area contributed by atoms with Gasteiger partial charge in [-0.1, -0.05) is 0 Å². The largest absolute Gasteiger partial charge is 0.461 e. The molecule has 0 aromatic rings. The van der Waals surface area contributed by atoms with Crippen LogP contribution in [-0.2, 0) is 14.3 Å². The minimum atomic E-state index is -4.40. The smallest absolute Gasteiger partial charge is 0.411 e. The number of rotatable bonds is 4. The van der Waals surface area contributed by atoms with E-state index in [2.05, 4.69) is 9.47 Å². The van der Waals surface area contributed by atoms with E-state index in [4.69, 9.17) is 0 Å². The van der Waals surface area contributed by atoms with E-state index in [1.54, 1.807) is 13.8 Å². The molecule has 0 atom stereocenters. The molecule has 13 heavy (non-hydrogen) atoms. The van der Waals surface area contributed by atoms with Crippen molar-refractivity contribution in [3.05, 3.63) is 0 Å². The summed E-state index contributed by atoms with van der Waals surface area (Å²) in [6.45, 7) is 1.10. The highest BCUT2D eigenvalue weighted by Crippen LogP contribution is 2.14. The van der Waals surface area contributed by atoms with Gasteiger partial charge in [-0.3, -0.25) is 0 Å². The fourth-order valence-electron chi connectivity index (χ4n) is 0.547. The molecule has 0 aliphatic rings. The number of hydrogen-bond donors (Lipinski definition) is 0. The van der Waals surface area contributed by atoms with Crippen LogP contribution in [0.4, 0.5) is 13.2 Å². The minimum absolute atomic E-state index is 0.345. The van der Waals surface area contributed by atoms with Crippen molar-refractivity contribution in [2.75, 3.05) is 13.2 Å². The number of ether oxygens (including phenoxy) is 2. The molecule has 0 rings (SSSR count). The van der Waals surface area contributed by atoms with Crippen LogP contribution >= 0.6 is 0 Å². The summed E-state index contributed by atoms with van der Waals surface area (Å²) in [5.41, 5.74) is 0. The van der Waals surface area contributed by atoms with E-state index in [9.17, 15) is 18.0 Å². The molecule has 3 nitrogen and oxygen atoms in total. The van der Waals surface area contributed by atoms with Crippen molar-refractivity contribution in [2.45, 2.75) is 26.1 Å². The van der Waals surface area contributed by atoms with E-state index in [0.29, 0.717) is 0 Å². The Morgan fingerprint density at radius 2 is 1.92 bits per heavy atom. The Bertz CT molecular complexity index is 165. The molecule has 0 aromatic carbocycles. The zero-order valence-electron chi connectivity index (χ0n) is 7.35. The van der Waals surface area contributed by atoms with E-state index < -0.39 is 25.4 Å². The van der Waals surface area contributed by atoms with Crippen molar-refractivity contribution >= 4 is 5.97 Å². The lowest BCUT2D eigenvalue weighted by Gasteiger charge is -2.09. The van der Waals surface area contributed by atoms with Crippen molar-refractivity contribution in [2.24, 2.45) is 0 Å². The van der Waals surface area contributed by atoms with Crippen LogP contribution in [0.1, 0.15) is 13.8 Å². The molecule has 0 aliphatic carbocycles. The van der Waals surface area contributed by atoms with Crippen LogP contribution in [0, 0.1) is 0 Å². The molecule has 0 saturated heterocycles. The molecule has 0 bridgehead atoms. The Balaban J connectivity index is 3.49. The second kappa shape index (κ2) is 5.06. The number of carbonyl (C=O) groups is 1. The summed E-state index contributed by atoms with van der Waals surface area (Å²) in [5, 5.41) is 0. The lowest BCUT2D eigenvalue weighted by atomic mass is 10.5. The summed E-state index contributed by atoms with van der Waals surface area (Å²) in [6.07, 6.45) is -4.75. The molecule has 78 valence electrons. The van der Waals surface area contributed by atoms with Gasteiger partial charge in [-0.25, -0.2) is 4.79 Å². The van der Waals surface area contributed by atoms with Crippen LogP contribution in [0.3, 0.4) is 0 Å². The zero-order chi connectivity index (χ0) is 10.5. The van der Waals surface area contributed by atoms with Crippen LogP contribution in [0.5, 0.6) is 0 Å². The van der Waals surface area contributed by atoms with Gasteiger partial charge in [-0.2, -0.15) is 13.2 Å². The fourth-order valence-corrected chi connectivity index (χ4v) is 0.547. The molecule has 0 saturated carbocycles. The third-order valence-electron chi connectivity index (χ3n) is 0.853. The summed E-state index contributed by atoms with van der Waals surface area (Å²) < 4.78 is 43.1. The summed E-state index contributed by atoms with van der Waals surface area (Å²) in [6, 6.07) is 0. The summed E-state index contributed by atoms with van der Waals surface area (Å²) in [4.78, 5) is 10.6. The highest BCUT2D eigenvalue weighted by Gasteiger charge is 2.27. The maximum Gasteiger partial charge on any atom is 0.411 e. The lowest BCUT2D eigenvalue weighted by Crippen LogP contribution is -2.22. The number of alkyl halides is 3. The Hall–Kier alpha value is -0.780. The normalized spacial score (nSPS) is 11.8. The maximum absolute atomic E-state index is 11.5. The van der Waals surface area contributed by atoms with Crippen LogP contribution in [0.2, 0.25) is 0 Å². The predicted molar refractivity (Wildman–Crippen MR) is 38.1 cm³/mol. The van der Waals surface area contributed by atoms with Gasteiger partial charge < -0.3 is 9.47 Å². The molecule has 0 aromatic heterocycles. The van der Waals surface area contributed by atoms with E-state index in [-0.39, 0.29) is 6.10 Å². The van der Waals surface area contributed by atoms with Crippen molar-refractivity contribution in [3.63, 3.8) is 0 Å². The van der Waals surface area contributed by atoms with Crippen molar-refractivity contribution in [1.82, 2.24) is 0 Å². The van der Waals surface area contributed by atoms with Crippen LogP contribution < -0.4 is 0 Å². The maximum atomic E-state index is 11.5. The molecular formula is C7H11F3O3. The van der Waals surface area contributed by atoms with Crippen LogP contribution in [0.15, 0.2) is 0 Å². The number of esters is 1. The highest BCUT2D eigenvalue weighted by molar-refractivity contribution is 5.70. The van der Waals surface area contributed by atoms with Gasteiger partial charge in [0.1, 0.15) is 13.2 Å². The first-order chi connectivity index (χ1) is 5.81. The van der Waals surface area contributed by atoms with Crippen LogP contribution in [0.25, 0.3) is 0 Å². The van der Waals surface area contributed by atoms with Gasteiger partial charge in [0.25, 0.3) is 0 Å². The highest BCUT2D eigenvalue weighted by atomic mass is 19.4. The molecule has 0 N–H and O–H groups in total. The molecule has 0 aliphatic heterocycles. The second-order valence-corrected chi connectivity index (χ2v) is 2.65. The van der Waals surface area contributed by atoms with Gasteiger partial charge in [0, 0.05) is 0 Å². The fraction of sp³-hybridized carbons (Fsp3) is 0.857. The van der Waals surface area contributed by atoms with Gasteiger partial charge in [-0.05, 0) is 13.8 Å². The van der Waals surface area contributed by atoms with E-state index in [1.165, 1.54) is 0 Å². The van der Waals surface area contributed by atoms with Gasteiger partial charge >= 0.3 is 12.1 Å². The molecule has 0 spiro atoms. The molecule has 0 amide bonds. The minimum Gasteiger partial charge on any atom is -0.461 e. The average molecular weight is 200 g/mol. The van der Waals surface area contributed by atoms with E-state index >= 15 is 0 Å². The second-order valence-electron chi connectivity index (χ2n) is 2.65. The van der Waals surface area contributed by atoms with Gasteiger partial charge in [0.15, 0.2) is 0 Å². The Kier molecular flexibility index (Phi) is 4.76. The number of carbonyl (C=O) groups excluding carboxylic acids is 1. The van der Waals surface area contributed by atoms with Gasteiger partial charge in [0.2, 0.25) is 0 Å². The monoisotopic (exact) mass is 200 g/mol. The topological polar surface area (TPSA) is 35.5 Å². The van der Waals surface area contributed by atoms with Crippen molar-refractivity contribution in [1.29, 1.82) is 0 Å². The lowest BCUT2D eigenvalue weighted by molar-refractivity contribution is -0.182. The first kappa shape index (κ1) is 12.2. The third-order valence-corrected chi connectivity index (χ3v) is 0.853.